The number of anilines is 1. The van der Waals surface area contributed by atoms with Crippen molar-refractivity contribution in [2.45, 2.75) is 43.0 Å². The molecule has 0 spiro atoms. The lowest BCUT2D eigenvalue weighted by atomic mass is 10.1. The van der Waals surface area contributed by atoms with Crippen LogP contribution in [-0.4, -0.2) is 18.9 Å². The number of carbonyl (C=O) groups is 1. The second-order valence-corrected chi connectivity index (χ2v) is 10.1. The van der Waals surface area contributed by atoms with E-state index in [0.717, 1.165) is 17.5 Å². The smallest absolute Gasteiger partial charge is 0.244 e. The molecule has 0 atom stereocenters. The Kier molecular flexibility index (Phi) is 6.84. The van der Waals surface area contributed by atoms with E-state index in [1.165, 1.54) is 47.2 Å². The molecule has 35 heavy (non-hydrogen) atoms. The van der Waals surface area contributed by atoms with Gasteiger partial charge in [-0.3, -0.25) is 9.59 Å². The van der Waals surface area contributed by atoms with Gasteiger partial charge in [0.2, 0.25) is 21.2 Å². The van der Waals surface area contributed by atoms with Gasteiger partial charge >= 0.3 is 0 Å². The third kappa shape index (κ3) is 5.02. The van der Waals surface area contributed by atoms with Crippen LogP contribution in [0, 0.1) is 5.82 Å². The fourth-order valence-corrected chi connectivity index (χ4v) is 5.25. The Morgan fingerprint density at radius 3 is 2.17 bits per heavy atom. The molecule has 4 aromatic rings. The molecule has 0 aliphatic heterocycles. The molecular weight excluding hydrogens is 467 g/mol. The Labute approximate surface area is 203 Å². The summed E-state index contributed by atoms with van der Waals surface area (Å²) in [4.78, 5) is 25.8. The van der Waals surface area contributed by atoms with Crippen molar-refractivity contribution in [3.05, 3.63) is 100 Å². The highest BCUT2D eigenvalue weighted by Gasteiger charge is 2.24. The minimum absolute atomic E-state index is 0.0140. The predicted molar refractivity (Wildman–Crippen MR) is 134 cm³/mol. The van der Waals surface area contributed by atoms with Crippen molar-refractivity contribution in [3.8, 4) is 0 Å². The molecule has 1 N–H and O–H groups in total. The van der Waals surface area contributed by atoms with E-state index >= 15 is 0 Å². The summed E-state index contributed by atoms with van der Waals surface area (Å²) in [6.07, 6.45) is 2.64. The SMILES string of the molecule is CCc1ccc(S(=O)(=O)c2cn(CC(=O)Nc3ccc(F)cc3)c3ccc(CC)cc3c2=O)cc1. The molecule has 0 saturated carbocycles. The molecule has 0 radical (unpaired) electrons. The van der Waals surface area contributed by atoms with Crippen LogP contribution in [0.5, 0.6) is 0 Å². The number of sulfone groups is 1. The molecule has 0 unspecified atom stereocenters. The number of aryl methyl sites for hydroxylation is 2. The molecular formula is C27H25FN2O4S. The van der Waals surface area contributed by atoms with Crippen molar-refractivity contribution in [2.24, 2.45) is 0 Å². The number of amides is 1. The number of nitrogens with zero attached hydrogens (tertiary/aromatic N) is 1. The molecule has 1 amide bonds. The van der Waals surface area contributed by atoms with Gasteiger partial charge < -0.3 is 9.88 Å². The molecule has 0 aliphatic rings. The van der Waals surface area contributed by atoms with Crippen LogP contribution in [0.25, 0.3) is 10.9 Å². The summed E-state index contributed by atoms with van der Waals surface area (Å²) in [6, 6.07) is 17.0. The van der Waals surface area contributed by atoms with Crippen molar-refractivity contribution in [3.63, 3.8) is 0 Å². The Morgan fingerprint density at radius 1 is 0.914 bits per heavy atom. The number of hydrogen-bond donors (Lipinski definition) is 1. The number of nitrogens with one attached hydrogen (secondary N) is 1. The van der Waals surface area contributed by atoms with E-state index in [1.54, 1.807) is 24.3 Å². The van der Waals surface area contributed by atoms with E-state index < -0.39 is 31.9 Å². The second kappa shape index (κ2) is 9.84. The molecule has 4 rings (SSSR count). The van der Waals surface area contributed by atoms with Crippen molar-refractivity contribution in [1.29, 1.82) is 0 Å². The monoisotopic (exact) mass is 492 g/mol. The maximum Gasteiger partial charge on any atom is 0.244 e. The molecule has 0 aliphatic carbocycles. The van der Waals surface area contributed by atoms with Crippen LogP contribution in [0.2, 0.25) is 0 Å². The first kappa shape index (κ1) is 24.3. The van der Waals surface area contributed by atoms with Gasteiger partial charge in [0, 0.05) is 17.3 Å². The number of pyridine rings is 1. The standard InChI is InChI=1S/C27H25FN2O4S/c1-3-18-5-12-22(13-6-18)35(33,34)25-16-30(17-26(31)29-21-10-8-20(28)9-11-21)24-14-7-19(4-2)15-23(24)27(25)32/h5-16H,3-4,17H2,1-2H3,(H,29,31). The molecule has 3 aromatic carbocycles. The van der Waals surface area contributed by atoms with Gasteiger partial charge in [0.25, 0.3) is 0 Å². The summed E-state index contributed by atoms with van der Waals surface area (Å²) in [7, 11) is -4.13. The third-order valence-electron chi connectivity index (χ3n) is 5.89. The van der Waals surface area contributed by atoms with Gasteiger partial charge in [-0.15, -0.1) is 0 Å². The number of carbonyl (C=O) groups excluding carboxylic acids is 1. The maximum absolute atomic E-state index is 13.5. The highest BCUT2D eigenvalue weighted by Crippen LogP contribution is 2.23. The average molecular weight is 493 g/mol. The Hall–Kier alpha value is -3.78. The van der Waals surface area contributed by atoms with E-state index in [4.69, 9.17) is 0 Å². The van der Waals surface area contributed by atoms with Crippen LogP contribution in [0.1, 0.15) is 25.0 Å². The fraction of sp³-hybridized carbons (Fsp3) is 0.185. The summed E-state index contributed by atoms with van der Waals surface area (Å²) in [5, 5.41) is 2.90. The molecule has 180 valence electrons. The average Bonchev–Trinajstić information content (AvgIpc) is 2.86. The summed E-state index contributed by atoms with van der Waals surface area (Å²) >= 11 is 0. The number of hydrogen-bond acceptors (Lipinski definition) is 4. The fourth-order valence-electron chi connectivity index (χ4n) is 3.88. The van der Waals surface area contributed by atoms with Gasteiger partial charge in [-0.25, -0.2) is 12.8 Å². The lowest BCUT2D eigenvalue weighted by Gasteiger charge is -2.15. The molecule has 1 heterocycles. The zero-order chi connectivity index (χ0) is 25.2. The van der Waals surface area contributed by atoms with Gasteiger partial charge in [-0.05, 0) is 72.5 Å². The van der Waals surface area contributed by atoms with Crippen molar-refractivity contribution < 1.29 is 17.6 Å². The third-order valence-corrected chi connectivity index (χ3v) is 7.66. The van der Waals surface area contributed by atoms with E-state index in [9.17, 15) is 22.4 Å². The molecule has 0 fully saturated rings. The first-order valence-corrected chi connectivity index (χ1v) is 12.8. The maximum atomic E-state index is 13.5. The summed E-state index contributed by atoms with van der Waals surface area (Å²) in [5.41, 5.74) is 2.09. The number of fused-ring (bicyclic) bond motifs is 1. The number of rotatable bonds is 7. The molecule has 1 aromatic heterocycles. The quantitative estimate of drug-likeness (QED) is 0.404. The number of halogens is 1. The van der Waals surface area contributed by atoms with Gasteiger partial charge in [0.1, 0.15) is 17.3 Å². The van der Waals surface area contributed by atoms with Crippen molar-refractivity contribution >= 4 is 32.3 Å². The highest BCUT2D eigenvalue weighted by molar-refractivity contribution is 7.91. The van der Waals surface area contributed by atoms with Gasteiger partial charge in [0.05, 0.1) is 10.4 Å². The molecule has 0 bridgehead atoms. The minimum Gasteiger partial charge on any atom is -0.336 e. The summed E-state index contributed by atoms with van der Waals surface area (Å²) in [5.74, 6) is -0.875. The Bertz CT molecular complexity index is 1560. The van der Waals surface area contributed by atoms with Crippen LogP contribution >= 0.6 is 0 Å². The lowest BCUT2D eigenvalue weighted by Crippen LogP contribution is -2.24. The van der Waals surface area contributed by atoms with Gasteiger partial charge in [0.15, 0.2) is 0 Å². The van der Waals surface area contributed by atoms with Crippen LogP contribution < -0.4 is 10.7 Å². The van der Waals surface area contributed by atoms with Crippen LogP contribution in [0.3, 0.4) is 0 Å². The van der Waals surface area contributed by atoms with Crippen molar-refractivity contribution in [2.75, 3.05) is 5.32 Å². The largest absolute Gasteiger partial charge is 0.336 e. The second-order valence-electron chi connectivity index (χ2n) is 8.21. The number of benzene rings is 3. The number of aromatic nitrogens is 1. The van der Waals surface area contributed by atoms with E-state index in [1.807, 2.05) is 19.9 Å². The van der Waals surface area contributed by atoms with Gasteiger partial charge in [-0.1, -0.05) is 32.0 Å². The summed E-state index contributed by atoms with van der Waals surface area (Å²) < 4.78 is 41.6. The molecule has 8 heteroatoms. The predicted octanol–water partition coefficient (Wildman–Crippen LogP) is 4.74. The minimum atomic E-state index is -4.13. The van der Waals surface area contributed by atoms with Crippen LogP contribution in [0.15, 0.2) is 87.5 Å². The molecule has 6 nitrogen and oxygen atoms in total. The van der Waals surface area contributed by atoms with E-state index in [0.29, 0.717) is 17.6 Å². The first-order valence-electron chi connectivity index (χ1n) is 11.3. The Balaban J connectivity index is 1.82. The molecule has 0 saturated heterocycles. The van der Waals surface area contributed by atoms with Crippen LogP contribution in [0.4, 0.5) is 10.1 Å². The zero-order valence-electron chi connectivity index (χ0n) is 19.4. The highest BCUT2D eigenvalue weighted by atomic mass is 32.2. The van der Waals surface area contributed by atoms with E-state index in [-0.39, 0.29) is 16.8 Å². The van der Waals surface area contributed by atoms with Crippen molar-refractivity contribution in [1.82, 2.24) is 4.57 Å². The first-order chi connectivity index (χ1) is 16.7. The summed E-state index contributed by atoms with van der Waals surface area (Å²) in [6.45, 7) is 3.66. The van der Waals surface area contributed by atoms with Gasteiger partial charge in [-0.2, -0.15) is 0 Å². The van der Waals surface area contributed by atoms with Crippen LogP contribution in [-0.2, 0) is 34.0 Å². The topological polar surface area (TPSA) is 85.2 Å². The lowest BCUT2D eigenvalue weighted by molar-refractivity contribution is -0.116. The Morgan fingerprint density at radius 2 is 1.54 bits per heavy atom. The van der Waals surface area contributed by atoms with E-state index in [2.05, 4.69) is 5.32 Å². The zero-order valence-corrected chi connectivity index (χ0v) is 20.2. The normalized spacial score (nSPS) is 11.5.